The second-order valence-corrected chi connectivity index (χ2v) is 7.03. The molecule has 2 heterocycles. The number of nitrogens with one attached hydrogen (secondary N) is 1. The van der Waals surface area contributed by atoms with Gasteiger partial charge in [-0.2, -0.15) is 0 Å². The van der Waals surface area contributed by atoms with Crippen molar-refractivity contribution in [3.05, 3.63) is 29.8 Å². The minimum absolute atomic E-state index is 0.0310. The van der Waals surface area contributed by atoms with Gasteiger partial charge < -0.3 is 19.7 Å². The van der Waals surface area contributed by atoms with Gasteiger partial charge in [-0.1, -0.05) is 6.07 Å². The highest BCUT2D eigenvalue weighted by molar-refractivity contribution is 5.98. The number of piperidine rings is 1. The molecule has 2 fully saturated rings. The van der Waals surface area contributed by atoms with Gasteiger partial charge in [0.25, 0.3) is 11.8 Å². The van der Waals surface area contributed by atoms with Crippen LogP contribution < -0.4 is 5.32 Å². The zero-order valence-electron chi connectivity index (χ0n) is 15.4. The molecule has 0 spiro atoms. The SMILES string of the molecule is CC(OCC1CCCO1)C(=O)Nc1cccc(C(=O)N2CCCCC2)c1. The minimum atomic E-state index is -0.569. The molecule has 1 N–H and O–H groups in total. The lowest BCUT2D eigenvalue weighted by molar-refractivity contribution is -0.128. The highest BCUT2D eigenvalue weighted by Gasteiger charge is 2.21. The quantitative estimate of drug-likeness (QED) is 0.847. The fourth-order valence-corrected chi connectivity index (χ4v) is 3.36. The number of nitrogens with zero attached hydrogens (tertiary/aromatic N) is 1. The third-order valence-electron chi connectivity index (χ3n) is 4.95. The van der Waals surface area contributed by atoms with Crippen molar-refractivity contribution in [3.8, 4) is 0 Å². The zero-order chi connectivity index (χ0) is 18.4. The lowest BCUT2D eigenvalue weighted by Crippen LogP contribution is -2.35. The highest BCUT2D eigenvalue weighted by Crippen LogP contribution is 2.17. The standard InChI is InChI=1S/C20H28N2O4/c1-15(26-14-18-9-6-12-25-18)19(23)21-17-8-5-7-16(13-17)20(24)22-10-3-2-4-11-22/h5,7-8,13,15,18H,2-4,6,9-12,14H2,1H3,(H,21,23). The highest BCUT2D eigenvalue weighted by atomic mass is 16.5. The van der Waals surface area contributed by atoms with E-state index in [-0.39, 0.29) is 17.9 Å². The maximum Gasteiger partial charge on any atom is 0.253 e. The molecule has 0 saturated carbocycles. The largest absolute Gasteiger partial charge is 0.376 e. The number of rotatable bonds is 6. The molecule has 142 valence electrons. The molecule has 0 aliphatic carbocycles. The molecule has 0 aromatic heterocycles. The summed E-state index contributed by atoms with van der Waals surface area (Å²) in [5.41, 5.74) is 1.23. The molecule has 2 saturated heterocycles. The van der Waals surface area contributed by atoms with Crippen LogP contribution in [0.15, 0.2) is 24.3 Å². The van der Waals surface area contributed by atoms with Crippen LogP contribution in [0.2, 0.25) is 0 Å². The number of anilines is 1. The number of carbonyl (C=O) groups is 2. The van der Waals surface area contributed by atoms with Gasteiger partial charge in [0.05, 0.1) is 12.7 Å². The summed E-state index contributed by atoms with van der Waals surface area (Å²) in [7, 11) is 0. The molecular formula is C20H28N2O4. The summed E-state index contributed by atoms with van der Waals surface area (Å²) >= 11 is 0. The Labute approximate surface area is 154 Å². The van der Waals surface area contributed by atoms with Crippen LogP contribution >= 0.6 is 0 Å². The van der Waals surface area contributed by atoms with Crippen molar-refractivity contribution in [2.75, 3.05) is 31.6 Å². The van der Waals surface area contributed by atoms with Gasteiger partial charge in [0, 0.05) is 30.9 Å². The van der Waals surface area contributed by atoms with Gasteiger partial charge >= 0.3 is 0 Å². The molecule has 1 aromatic carbocycles. The van der Waals surface area contributed by atoms with E-state index in [1.807, 2.05) is 4.90 Å². The Hall–Kier alpha value is -1.92. The molecule has 26 heavy (non-hydrogen) atoms. The van der Waals surface area contributed by atoms with E-state index in [1.165, 1.54) is 6.42 Å². The minimum Gasteiger partial charge on any atom is -0.376 e. The fraction of sp³-hybridized carbons (Fsp3) is 0.600. The van der Waals surface area contributed by atoms with Gasteiger partial charge in [-0.3, -0.25) is 9.59 Å². The van der Waals surface area contributed by atoms with Crippen LogP contribution in [-0.2, 0) is 14.3 Å². The van der Waals surface area contributed by atoms with E-state index in [0.29, 0.717) is 17.9 Å². The maximum atomic E-state index is 12.6. The molecular weight excluding hydrogens is 332 g/mol. The molecule has 6 nitrogen and oxygen atoms in total. The van der Waals surface area contributed by atoms with Crippen LogP contribution in [0.3, 0.4) is 0 Å². The van der Waals surface area contributed by atoms with Crippen LogP contribution in [0.25, 0.3) is 0 Å². The normalized spacial score (nSPS) is 21.4. The van der Waals surface area contributed by atoms with Gasteiger partial charge in [0.2, 0.25) is 0 Å². The van der Waals surface area contributed by atoms with E-state index in [4.69, 9.17) is 9.47 Å². The molecule has 3 rings (SSSR count). The maximum absolute atomic E-state index is 12.6. The number of hydrogen-bond acceptors (Lipinski definition) is 4. The smallest absolute Gasteiger partial charge is 0.253 e. The molecule has 2 atom stereocenters. The first kappa shape index (κ1) is 18.9. The number of likely N-dealkylation sites (tertiary alicyclic amines) is 1. The summed E-state index contributed by atoms with van der Waals surface area (Å²) in [6.07, 6.45) is 4.85. The van der Waals surface area contributed by atoms with Gasteiger partial charge in [-0.25, -0.2) is 0 Å². The molecule has 0 bridgehead atoms. The third-order valence-corrected chi connectivity index (χ3v) is 4.95. The van der Waals surface area contributed by atoms with Crippen LogP contribution in [0.1, 0.15) is 49.4 Å². The van der Waals surface area contributed by atoms with E-state index >= 15 is 0 Å². The summed E-state index contributed by atoms with van der Waals surface area (Å²) in [6, 6.07) is 7.12. The first-order chi connectivity index (χ1) is 12.6. The van der Waals surface area contributed by atoms with Crippen molar-refractivity contribution in [3.63, 3.8) is 0 Å². The topological polar surface area (TPSA) is 67.9 Å². The van der Waals surface area contributed by atoms with Crippen molar-refractivity contribution in [2.24, 2.45) is 0 Å². The first-order valence-electron chi connectivity index (χ1n) is 9.57. The lowest BCUT2D eigenvalue weighted by atomic mass is 10.1. The van der Waals surface area contributed by atoms with Gasteiger partial charge in [0.1, 0.15) is 6.10 Å². The summed E-state index contributed by atoms with van der Waals surface area (Å²) in [5.74, 6) is -0.186. The first-order valence-corrected chi connectivity index (χ1v) is 9.57. The predicted molar refractivity (Wildman–Crippen MR) is 99.2 cm³/mol. The average Bonchev–Trinajstić information content (AvgIpc) is 3.20. The number of hydrogen-bond donors (Lipinski definition) is 1. The molecule has 2 aliphatic heterocycles. The number of benzene rings is 1. The Morgan fingerprint density at radius 3 is 2.81 bits per heavy atom. The van der Waals surface area contributed by atoms with E-state index in [0.717, 1.165) is 45.4 Å². The number of ether oxygens (including phenoxy) is 2. The van der Waals surface area contributed by atoms with Crippen LogP contribution in [0, 0.1) is 0 Å². The van der Waals surface area contributed by atoms with Crippen LogP contribution in [-0.4, -0.2) is 55.2 Å². The van der Waals surface area contributed by atoms with E-state index in [1.54, 1.807) is 31.2 Å². The fourth-order valence-electron chi connectivity index (χ4n) is 3.36. The Bertz CT molecular complexity index is 622. The Morgan fingerprint density at radius 1 is 1.27 bits per heavy atom. The van der Waals surface area contributed by atoms with Gasteiger partial charge in [0.15, 0.2) is 0 Å². The summed E-state index contributed by atoms with van der Waals surface area (Å²) in [5, 5.41) is 2.84. The zero-order valence-corrected chi connectivity index (χ0v) is 15.4. The Morgan fingerprint density at radius 2 is 2.08 bits per heavy atom. The Kier molecular flexibility index (Phi) is 6.63. The second-order valence-electron chi connectivity index (χ2n) is 7.03. The summed E-state index contributed by atoms with van der Waals surface area (Å²) in [4.78, 5) is 26.8. The van der Waals surface area contributed by atoms with Crippen molar-refractivity contribution < 1.29 is 19.1 Å². The van der Waals surface area contributed by atoms with Crippen molar-refractivity contribution in [1.82, 2.24) is 4.90 Å². The molecule has 2 amide bonds. The average molecular weight is 360 g/mol. The van der Waals surface area contributed by atoms with E-state index in [2.05, 4.69) is 5.32 Å². The molecule has 2 unspecified atom stereocenters. The number of carbonyl (C=O) groups excluding carboxylic acids is 2. The molecule has 1 aromatic rings. The van der Waals surface area contributed by atoms with Crippen LogP contribution in [0.4, 0.5) is 5.69 Å². The van der Waals surface area contributed by atoms with Crippen molar-refractivity contribution in [1.29, 1.82) is 0 Å². The van der Waals surface area contributed by atoms with Crippen molar-refractivity contribution >= 4 is 17.5 Å². The lowest BCUT2D eigenvalue weighted by Gasteiger charge is -2.26. The second kappa shape index (κ2) is 9.14. The van der Waals surface area contributed by atoms with Gasteiger partial charge in [-0.05, 0) is 57.2 Å². The summed E-state index contributed by atoms with van der Waals surface area (Å²) < 4.78 is 11.1. The molecule has 6 heteroatoms. The monoisotopic (exact) mass is 360 g/mol. The van der Waals surface area contributed by atoms with Gasteiger partial charge in [-0.15, -0.1) is 0 Å². The van der Waals surface area contributed by atoms with Crippen molar-refractivity contribution in [2.45, 2.75) is 51.2 Å². The summed E-state index contributed by atoms with van der Waals surface area (Å²) in [6.45, 7) is 4.55. The van der Waals surface area contributed by atoms with Crippen LogP contribution in [0.5, 0.6) is 0 Å². The van der Waals surface area contributed by atoms with E-state index < -0.39 is 6.10 Å². The molecule has 0 radical (unpaired) electrons. The molecule has 2 aliphatic rings. The third kappa shape index (κ3) is 5.05. The van der Waals surface area contributed by atoms with E-state index in [9.17, 15) is 9.59 Å². The number of amides is 2. The predicted octanol–water partition coefficient (Wildman–Crippen LogP) is 2.84. The Balaban J connectivity index is 1.53.